The van der Waals surface area contributed by atoms with Gasteiger partial charge in [0, 0.05) is 49.5 Å². The van der Waals surface area contributed by atoms with E-state index >= 15 is 0 Å². The number of piperazine rings is 1. The van der Waals surface area contributed by atoms with Crippen LogP contribution in [0.3, 0.4) is 0 Å². The number of hydrogen-bond acceptors (Lipinski definition) is 4. The second kappa shape index (κ2) is 6.21. The van der Waals surface area contributed by atoms with Gasteiger partial charge in [-0.05, 0) is 38.6 Å². The van der Waals surface area contributed by atoms with Gasteiger partial charge in [0.1, 0.15) is 11.6 Å². The van der Waals surface area contributed by atoms with Crippen molar-refractivity contribution in [3.63, 3.8) is 0 Å². The largest absolute Gasteiger partial charge is 0.354 e. The van der Waals surface area contributed by atoms with Crippen LogP contribution >= 0.6 is 11.6 Å². The molecule has 2 heterocycles. The van der Waals surface area contributed by atoms with Gasteiger partial charge in [0.2, 0.25) is 0 Å². The smallest absolute Gasteiger partial charge is 0.134 e. The highest BCUT2D eigenvalue weighted by molar-refractivity contribution is 6.17. The molecule has 0 aromatic carbocycles. The van der Waals surface area contributed by atoms with Gasteiger partial charge in [-0.2, -0.15) is 0 Å². The van der Waals surface area contributed by atoms with Crippen molar-refractivity contribution in [2.75, 3.05) is 43.5 Å². The van der Waals surface area contributed by atoms with Crippen LogP contribution in [0, 0.1) is 0 Å². The van der Waals surface area contributed by atoms with Crippen LogP contribution in [0.25, 0.3) is 0 Å². The van der Waals surface area contributed by atoms with Crippen LogP contribution in [0.5, 0.6) is 0 Å². The Hall–Kier alpha value is -0.870. The molecule has 2 saturated carbocycles. The summed E-state index contributed by atoms with van der Waals surface area (Å²) in [5, 5.41) is 0. The minimum Gasteiger partial charge on any atom is -0.354 e. The molecule has 4 nitrogen and oxygen atoms in total. The Morgan fingerprint density at radius 2 is 1.91 bits per heavy atom. The normalized spacial score (nSPS) is 24.0. The molecule has 1 aromatic rings. The molecule has 0 N–H and O–H groups in total. The van der Waals surface area contributed by atoms with Gasteiger partial charge in [-0.1, -0.05) is 6.92 Å². The van der Waals surface area contributed by atoms with Crippen molar-refractivity contribution in [1.29, 1.82) is 0 Å². The Morgan fingerprint density at radius 3 is 2.52 bits per heavy atom. The van der Waals surface area contributed by atoms with Crippen LogP contribution in [0.2, 0.25) is 0 Å². The highest BCUT2D eigenvalue weighted by Gasteiger charge is 2.42. The lowest BCUT2D eigenvalue weighted by Crippen LogP contribution is -2.47. The molecule has 3 aliphatic rings. The predicted octanol–water partition coefficient (Wildman–Crippen LogP) is 3.16. The van der Waals surface area contributed by atoms with Gasteiger partial charge >= 0.3 is 0 Å². The van der Waals surface area contributed by atoms with E-state index in [4.69, 9.17) is 21.6 Å². The second-order valence-electron chi connectivity index (χ2n) is 7.68. The first-order chi connectivity index (χ1) is 11.2. The third kappa shape index (κ3) is 3.48. The molecule has 0 atom stereocenters. The zero-order valence-corrected chi connectivity index (χ0v) is 14.9. The van der Waals surface area contributed by atoms with E-state index in [2.05, 4.69) is 22.8 Å². The molecule has 1 saturated heterocycles. The summed E-state index contributed by atoms with van der Waals surface area (Å²) in [6, 6.07) is 2.27. The summed E-state index contributed by atoms with van der Waals surface area (Å²) in [5.74, 6) is 3.66. The molecule has 4 rings (SSSR count). The van der Waals surface area contributed by atoms with E-state index in [9.17, 15) is 0 Å². The maximum Gasteiger partial charge on any atom is 0.134 e. The summed E-state index contributed by atoms with van der Waals surface area (Å²) >= 11 is 5.81. The lowest BCUT2D eigenvalue weighted by molar-refractivity contribution is 0.258. The fourth-order valence-electron chi connectivity index (χ4n) is 3.38. The first kappa shape index (κ1) is 15.6. The summed E-state index contributed by atoms with van der Waals surface area (Å²) in [7, 11) is 0. The molecule has 2 aliphatic carbocycles. The molecule has 1 aliphatic heterocycles. The van der Waals surface area contributed by atoms with Crippen LogP contribution in [0.1, 0.15) is 56.5 Å². The number of nitrogens with zero attached hydrogens (tertiary/aromatic N) is 4. The van der Waals surface area contributed by atoms with Crippen LogP contribution in [-0.4, -0.2) is 53.5 Å². The van der Waals surface area contributed by atoms with Crippen molar-refractivity contribution in [1.82, 2.24) is 14.9 Å². The number of rotatable bonds is 6. The van der Waals surface area contributed by atoms with Crippen LogP contribution in [0.4, 0.5) is 5.82 Å². The molecule has 3 fully saturated rings. The van der Waals surface area contributed by atoms with E-state index in [0.717, 1.165) is 50.8 Å². The van der Waals surface area contributed by atoms with E-state index in [1.165, 1.54) is 37.2 Å². The van der Waals surface area contributed by atoms with Gasteiger partial charge in [-0.25, -0.2) is 9.97 Å². The average Bonchev–Trinajstić information content (AvgIpc) is 3.49. The van der Waals surface area contributed by atoms with E-state index < -0.39 is 0 Å². The number of alkyl halides is 1. The van der Waals surface area contributed by atoms with Crippen molar-refractivity contribution in [3.8, 4) is 0 Å². The van der Waals surface area contributed by atoms with Crippen molar-refractivity contribution >= 4 is 17.4 Å². The van der Waals surface area contributed by atoms with Crippen molar-refractivity contribution < 1.29 is 0 Å². The molecule has 0 spiro atoms. The van der Waals surface area contributed by atoms with E-state index in [1.54, 1.807) is 0 Å². The molecular formula is C18H27ClN4. The average molecular weight is 335 g/mol. The summed E-state index contributed by atoms with van der Waals surface area (Å²) < 4.78 is 0. The fourth-order valence-corrected chi connectivity index (χ4v) is 3.50. The van der Waals surface area contributed by atoms with Crippen LogP contribution < -0.4 is 4.90 Å². The van der Waals surface area contributed by atoms with Gasteiger partial charge in [0.05, 0.1) is 5.69 Å². The standard InChI is InChI=1S/C18H27ClN4/c1-18(5-6-18)15-13-16(21-17(20-15)14-3-4-14)23-11-9-22(10-12-23)8-2-7-19/h13-14H,2-12H2,1H3. The maximum absolute atomic E-state index is 5.81. The van der Waals surface area contributed by atoms with E-state index in [1.807, 2.05) is 0 Å². The highest BCUT2D eigenvalue weighted by Crippen LogP contribution is 2.48. The Kier molecular flexibility index (Phi) is 4.22. The lowest BCUT2D eigenvalue weighted by atomic mass is 10.0. The van der Waals surface area contributed by atoms with Gasteiger partial charge < -0.3 is 4.90 Å². The lowest BCUT2D eigenvalue weighted by Gasteiger charge is -2.35. The third-order valence-corrected chi connectivity index (χ3v) is 5.86. The predicted molar refractivity (Wildman–Crippen MR) is 94.6 cm³/mol. The topological polar surface area (TPSA) is 32.3 Å². The quantitative estimate of drug-likeness (QED) is 0.748. The van der Waals surface area contributed by atoms with Crippen molar-refractivity contribution in [2.24, 2.45) is 0 Å². The Balaban J connectivity index is 1.49. The van der Waals surface area contributed by atoms with Gasteiger partial charge in [0.25, 0.3) is 0 Å². The van der Waals surface area contributed by atoms with Crippen LogP contribution in [-0.2, 0) is 5.41 Å². The summed E-state index contributed by atoms with van der Waals surface area (Å²) in [6.07, 6.45) is 6.18. The molecule has 23 heavy (non-hydrogen) atoms. The third-order valence-electron chi connectivity index (χ3n) is 5.60. The Bertz CT molecular complexity index is 560. The number of anilines is 1. The maximum atomic E-state index is 5.81. The van der Waals surface area contributed by atoms with Gasteiger partial charge in [0.15, 0.2) is 0 Å². The Morgan fingerprint density at radius 1 is 1.17 bits per heavy atom. The molecule has 0 amide bonds. The fraction of sp³-hybridized carbons (Fsp3) is 0.778. The molecule has 0 bridgehead atoms. The summed E-state index contributed by atoms with van der Waals surface area (Å²) in [6.45, 7) is 7.84. The molecule has 0 unspecified atom stereocenters. The van der Waals surface area contributed by atoms with E-state index in [-0.39, 0.29) is 0 Å². The number of halogens is 1. The summed E-state index contributed by atoms with van der Waals surface area (Å²) in [4.78, 5) is 14.8. The molecule has 5 heteroatoms. The minimum absolute atomic E-state index is 0.323. The molecule has 0 radical (unpaired) electrons. The molecule has 126 valence electrons. The molecular weight excluding hydrogens is 308 g/mol. The Labute approximate surface area is 144 Å². The monoisotopic (exact) mass is 334 g/mol. The number of aromatic nitrogens is 2. The van der Waals surface area contributed by atoms with E-state index in [0.29, 0.717) is 11.3 Å². The number of hydrogen-bond donors (Lipinski definition) is 0. The first-order valence-corrected chi connectivity index (χ1v) is 9.64. The summed E-state index contributed by atoms with van der Waals surface area (Å²) in [5.41, 5.74) is 1.61. The van der Waals surface area contributed by atoms with Crippen molar-refractivity contribution in [2.45, 2.75) is 50.4 Å². The zero-order valence-electron chi connectivity index (χ0n) is 14.1. The SMILES string of the molecule is CC1(c2cc(N3CCN(CCCCl)CC3)nc(C3CC3)n2)CC1. The minimum atomic E-state index is 0.323. The highest BCUT2D eigenvalue weighted by atomic mass is 35.5. The van der Waals surface area contributed by atoms with Crippen molar-refractivity contribution in [3.05, 3.63) is 17.6 Å². The first-order valence-electron chi connectivity index (χ1n) is 9.11. The second-order valence-corrected chi connectivity index (χ2v) is 8.05. The van der Waals surface area contributed by atoms with Crippen LogP contribution in [0.15, 0.2) is 6.07 Å². The molecule has 1 aromatic heterocycles. The van der Waals surface area contributed by atoms with Gasteiger partial charge in [-0.15, -0.1) is 11.6 Å². The van der Waals surface area contributed by atoms with Gasteiger partial charge in [-0.3, -0.25) is 4.90 Å². The zero-order chi connectivity index (χ0) is 15.9.